The summed E-state index contributed by atoms with van der Waals surface area (Å²) in [6.07, 6.45) is 12.9. The van der Waals surface area contributed by atoms with Crippen LogP contribution in [0.15, 0.2) is 173 Å². The van der Waals surface area contributed by atoms with E-state index in [-0.39, 0.29) is 109 Å². The zero-order chi connectivity index (χ0) is 100. The summed E-state index contributed by atoms with van der Waals surface area (Å²) in [5, 5.41) is 62.3. The van der Waals surface area contributed by atoms with Crippen molar-refractivity contribution >= 4 is 130 Å². The largest absolute Gasteiger partial charge is 0.494 e. The van der Waals surface area contributed by atoms with E-state index in [1.165, 1.54) is 101 Å². The molecule has 5 saturated heterocycles. The molecule has 40 nitrogen and oxygen atoms in total. The van der Waals surface area contributed by atoms with Gasteiger partial charge in [0.05, 0.1) is 71.9 Å². The van der Waals surface area contributed by atoms with E-state index in [1.807, 2.05) is 56.1 Å². The Morgan fingerprint density at radius 3 is 0.993 bits per heavy atom. The average molecular weight is 2060 g/mol. The predicted octanol–water partition coefficient (Wildman–Crippen LogP) is 6.22. The Labute approximate surface area is 816 Å². The number of aromatic nitrogens is 6. The molecule has 10 N–H and O–H groups in total. The van der Waals surface area contributed by atoms with Gasteiger partial charge in [0.15, 0.2) is 72.9 Å². The number of hydrogen-bond donors (Lipinski definition) is 10. The molecule has 5 fully saturated rings. The Morgan fingerprint density at radius 2 is 0.693 bits per heavy atom. The molecule has 0 atom stereocenters. The van der Waals surface area contributed by atoms with Crippen molar-refractivity contribution in [3.05, 3.63) is 145 Å². The molecule has 2 aromatic heterocycles. The van der Waals surface area contributed by atoms with Crippen LogP contribution in [0.25, 0.3) is 0 Å². The van der Waals surface area contributed by atoms with Gasteiger partial charge in [-0.05, 0) is 230 Å². The SMILES string of the molecule is CCCCn1cc(COc2ccc(S(=O)(=O)C3(C(=O)NO)CCN(CCOC)CC3)cc2)nn1.CCOc1ccc(S(=O)(=O)C2(C(=O)NO)CCN(CCOC)CC2)cc1.CSc1ccc(S(=O)(=O)C2(C(=O)NO)CCOCC2)cc1.[B]CCN1CCC(C(=O)NO)(S(=O)(=O)c2ccc(SC)cc2)CC1.[B]CSc1ccc(S(=O)(=O)C2(C(=O)NO)CCN(Cc3cn(CCCC)nn3)CC2)cc1. The maximum atomic E-state index is 13.5. The van der Waals surface area contributed by atoms with E-state index < -0.39 is 102 Å². The third-order valence-corrected chi connectivity index (χ3v) is 39.7. The van der Waals surface area contributed by atoms with Crippen LogP contribution in [0.1, 0.15) is 122 Å². The van der Waals surface area contributed by atoms with Crippen molar-refractivity contribution in [2.45, 2.75) is 206 Å². The Balaban J connectivity index is 0.000000212. The minimum absolute atomic E-state index is 0.000647. The van der Waals surface area contributed by atoms with Crippen LogP contribution in [0.3, 0.4) is 0 Å². The van der Waals surface area contributed by atoms with Gasteiger partial charge in [0.25, 0.3) is 29.5 Å². The molecule has 137 heavy (non-hydrogen) atoms. The molecule has 0 aliphatic carbocycles. The number of unbranched alkanes of at least 4 members (excludes halogenated alkanes) is 2. The fraction of sp³-hybridized carbons (Fsp3) is 0.552. The Bertz CT molecular complexity index is 5600. The van der Waals surface area contributed by atoms with Gasteiger partial charge in [0, 0.05) is 133 Å². The van der Waals surface area contributed by atoms with Gasteiger partial charge < -0.3 is 38.4 Å². The van der Waals surface area contributed by atoms with E-state index >= 15 is 0 Å². The Kier molecular flexibility index (Phi) is 44.6. The number of methoxy groups -OCH3 is 2. The lowest BCUT2D eigenvalue weighted by molar-refractivity contribution is -0.134. The highest BCUT2D eigenvalue weighted by atomic mass is 32.2. The normalized spacial score (nSPS) is 17.3. The summed E-state index contributed by atoms with van der Waals surface area (Å²) >= 11 is 4.40. The molecule has 7 heterocycles. The van der Waals surface area contributed by atoms with Gasteiger partial charge in [-0.3, -0.25) is 64.3 Å². The van der Waals surface area contributed by atoms with E-state index in [0.717, 1.165) is 59.2 Å². The summed E-state index contributed by atoms with van der Waals surface area (Å²) in [6.45, 7) is 15.4. The van der Waals surface area contributed by atoms with Crippen LogP contribution in [-0.2, 0) is 114 Å². The monoisotopic (exact) mass is 2060 g/mol. The van der Waals surface area contributed by atoms with Gasteiger partial charge in [0.2, 0.25) is 0 Å². The van der Waals surface area contributed by atoms with Crippen molar-refractivity contribution in [2.24, 2.45) is 0 Å². The number of rotatable bonds is 40. The first-order valence-electron chi connectivity index (χ1n) is 44.6. The van der Waals surface area contributed by atoms with Crippen LogP contribution >= 0.6 is 35.3 Å². The molecule has 0 bridgehead atoms. The molecule has 0 saturated carbocycles. The molecular formula is C87H125B2N15O25S8. The number of aryl methyl sites for hydroxylation is 2. The third kappa shape index (κ3) is 27.6. The molecule has 0 unspecified atom stereocenters. The van der Waals surface area contributed by atoms with E-state index in [2.05, 4.69) is 34.5 Å². The lowest BCUT2D eigenvalue weighted by atomic mass is 9.94. The van der Waals surface area contributed by atoms with Crippen LogP contribution in [0, 0.1) is 0 Å². The fourth-order valence-corrected chi connectivity index (χ4v) is 27.6. The number of nitrogens with zero attached hydrogens (tertiary/aromatic N) is 10. The first-order chi connectivity index (χ1) is 65.5. The molecule has 5 amide bonds. The van der Waals surface area contributed by atoms with Crippen LogP contribution in [0.2, 0.25) is 6.32 Å². The van der Waals surface area contributed by atoms with Crippen molar-refractivity contribution in [2.75, 3.05) is 137 Å². The highest BCUT2D eigenvalue weighted by molar-refractivity contribution is 8.00. The summed E-state index contributed by atoms with van der Waals surface area (Å²) in [4.78, 5) is 73.1. The summed E-state index contributed by atoms with van der Waals surface area (Å²) in [6, 6.07) is 31.1. The molecule has 7 aromatic rings. The first-order valence-corrected chi connectivity index (χ1v) is 55.4. The molecule has 752 valence electrons. The van der Waals surface area contributed by atoms with Crippen LogP contribution in [0.4, 0.5) is 0 Å². The van der Waals surface area contributed by atoms with Crippen molar-refractivity contribution in [1.82, 2.24) is 77.0 Å². The van der Waals surface area contributed by atoms with Crippen molar-refractivity contribution in [3.63, 3.8) is 0 Å². The number of hydroxylamine groups is 5. The molecule has 5 aromatic carbocycles. The number of thioether (sulfide) groups is 3. The second-order valence-electron chi connectivity index (χ2n) is 32.8. The maximum absolute atomic E-state index is 13.5. The van der Waals surface area contributed by atoms with Crippen LogP contribution < -0.4 is 36.9 Å². The van der Waals surface area contributed by atoms with E-state index in [4.69, 9.17) is 55.0 Å². The summed E-state index contributed by atoms with van der Waals surface area (Å²) in [5.41, 5.74) is 9.62. The van der Waals surface area contributed by atoms with Gasteiger partial charge in [-0.15, -0.1) is 45.5 Å². The fourth-order valence-electron chi connectivity index (χ4n) is 16.5. The van der Waals surface area contributed by atoms with Gasteiger partial charge in [-0.2, -0.15) is 0 Å². The highest BCUT2D eigenvalue weighted by Crippen LogP contribution is 2.43. The summed E-state index contributed by atoms with van der Waals surface area (Å²) < 4.78 is 154. The maximum Gasteiger partial charge on any atom is 0.265 e. The quantitative estimate of drug-likeness (QED) is 0.00881. The zero-order valence-electron chi connectivity index (χ0n) is 78.0. The molecule has 5 aliphatic rings. The van der Waals surface area contributed by atoms with Crippen molar-refractivity contribution in [3.8, 4) is 11.5 Å². The minimum atomic E-state index is -4.08. The molecule has 5 aliphatic heterocycles. The summed E-state index contributed by atoms with van der Waals surface area (Å²) in [5.74, 6) is -3.45. The number of hydrogen-bond acceptors (Lipinski definition) is 36. The number of carbonyl (C=O) groups excluding carboxylic acids is 5. The highest BCUT2D eigenvalue weighted by Gasteiger charge is 2.58. The van der Waals surface area contributed by atoms with Crippen molar-refractivity contribution < 1.29 is 116 Å². The van der Waals surface area contributed by atoms with Gasteiger partial charge >= 0.3 is 0 Å². The van der Waals surface area contributed by atoms with E-state index in [1.54, 1.807) is 101 Å². The molecule has 4 radical (unpaired) electrons. The Morgan fingerprint density at radius 1 is 0.401 bits per heavy atom. The lowest BCUT2D eigenvalue weighted by Gasteiger charge is -2.39. The second kappa shape index (κ2) is 53.6. The molecule has 50 heteroatoms. The number of sulfone groups is 5. The van der Waals surface area contributed by atoms with Crippen LogP contribution in [0.5, 0.6) is 11.5 Å². The van der Waals surface area contributed by atoms with E-state index in [9.17, 15) is 76.5 Å². The number of likely N-dealkylation sites (tertiary alicyclic amines) is 4. The summed E-state index contributed by atoms with van der Waals surface area (Å²) in [7, 11) is -5.72. The number of benzene rings is 5. The third-order valence-electron chi connectivity index (χ3n) is 24.9. The number of piperidine rings is 4. The first kappa shape index (κ1) is 114. The number of amides is 5. The molecule has 12 rings (SSSR count). The number of carbonyl (C=O) groups is 5. The van der Waals surface area contributed by atoms with E-state index in [0.29, 0.717) is 128 Å². The van der Waals surface area contributed by atoms with Gasteiger partial charge in [-0.1, -0.05) is 43.4 Å². The molecule has 0 spiro atoms. The number of ether oxygens (including phenoxy) is 5. The predicted molar refractivity (Wildman–Crippen MR) is 513 cm³/mol. The average Bonchev–Trinajstić information content (AvgIpc) is 1.01. The van der Waals surface area contributed by atoms with Crippen molar-refractivity contribution in [1.29, 1.82) is 0 Å². The Hall–Kier alpha value is -8.22. The molecular weight excluding hydrogens is 1930 g/mol. The lowest BCUT2D eigenvalue weighted by Crippen LogP contribution is -2.57. The topological polar surface area (TPSA) is 538 Å². The smallest absolute Gasteiger partial charge is 0.265 e. The zero-order valence-corrected chi connectivity index (χ0v) is 84.5. The van der Waals surface area contributed by atoms with Crippen LogP contribution in [-0.4, -0.2) is 324 Å². The van der Waals surface area contributed by atoms with Gasteiger partial charge in [-0.25, -0.2) is 69.5 Å². The van der Waals surface area contributed by atoms with Gasteiger partial charge in [0.1, 0.15) is 23.8 Å². The minimum Gasteiger partial charge on any atom is -0.494 e. The second-order valence-corrected chi connectivity index (χ2v) is 47.0. The standard InChI is InChI=1S/C22H33N5O6S.C20H28BN5O4S2.C17H26N2O6S.C15H21BN2O4S2.C13H17NO5S2/c1-3-4-11-27-16-18(23-25-27)17-33-19-5-7-20(8-6-19)34(30,31)22(21(28)24-29)9-12-26(13-10-22)14-15-32-2;1-2-3-10-26-14-16(22-24-26)13-25-11-8-20(9-12-25,19(27)23-28)32(29,30)18-6-4-17(5-7-18)31-15-21;1-3-25-14-4-6-15(7-5-14)26(22,23)17(16(20)18-21)8-10-19(11-9-17)12-13-24-2;1-23-12-2-4-13(5-3-12)24(21,22)15(14(19)17-20)6-9-18(10-7-15)11-8-16;1-20-10-2-4-11(5-3-10)21(17,18)13(12(15)14-16)6-8-19-9-7-13/h5-8,16,29H,3-4,9-15,17H2,1-2H3,(H,24,28);4-7,14,28H,2-3,8-13,15H2,1H3,(H,23,27);4-7,21H,3,8-13H2,1-2H3,(H,18,20);2-5,20H,6-11H2,1H3,(H,17,19);2-5,16H,6-9H2,1H3,(H,14,15). The number of nitrogens with one attached hydrogen (secondary N) is 5.